The van der Waals surface area contributed by atoms with Crippen molar-refractivity contribution in [3.05, 3.63) is 0 Å². The van der Waals surface area contributed by atoms with Gasteiger partial charge in [-0.1, -0.05) is 0 Å². The van der Waals surface area contributed by atoms with Gasteiger partial charge in [-0.25, -0.2) is 0 Å². The van der Waals surface area contributed by atoms with Crippen LogP contribution in [0.2, 0.25) is 0 Å². The van der Waals surface area contributed by atoms with Crippen LogP contribution in [-0.4, -0.2) is 9.29 Å². The molecule has 0 aliphatic heterocycles. The molecule has 0 aromatic rings. The third kappa shape index (κ3) is 8.39. The average molecular weight is 170 g/mol. The van der Waals surface area contributed by atoms with Gasteiger partial charge in [0.25, 0.3) is 0 Å². The predicted octanol–water partition coefficient (Wildman–Crippen LogP) is 0.519. The normalized spacial score (nSPS) is 11.6. The fraction of sp³-hybridized carbons (Fsp3) is 1.00. The van der Waals surface area contributed by atoms with Gasteiger partial charge in [-0.15, -0.1) is 0 Å². The van der Waals surface area contributed by atoms with Gasteiger partial charge in [0.15, 0.2) is 0 Å². The van der Waals surface area contributed by atoms with Crippen LogP contribution >= 0.6 is 0 Å². The molecular formula is C4H10O4Ti. The third-order valence-electron chi connectivity index (χ3n) is 0.363. The predicted molar refractivity (Wildman–Crippen MR) is 24.8 cm³/mol. The molecule has 0 unspecified atom stereocenters. The molecule has 0 aromatic carbocycles. The summed E-state index contributed by atoms with van der Waals surface area (Å²) in [6.07, 6.45) is 0. The maximum absolute atomic E-state index is 9.95. The van der Waals surface area contributed by atoms with Crippen molar-refractivity contribution < 1.29 is 34.0 Å². The summed E-state index contributed by atoms with van der Waals surface area (Å²) in [4.78, 5) is 4.50. The van der Waals surface area contributed by atoms with Gasteiger partial charge in [-0.2, -0.15) is 0 Å². The molecule has 0 rings (SSSR count). The third-order valence-corrected chi connectivity index (χ3v) is 0.716. The first-order chi connectivity index (χ1) is 3.92. The summed E-state index contributed by atoms with van der Waals surface area (Å²) in [7, 11) is 0. The van der Waals surface area contributed by atoms with Gasteiger partial charge in [0, 0.05) is 0 Å². The quantitative estimate of drug-likeness (QED) is 0.372. The van der Waals surface area contributed by atoms with Crippen LogP contribution in [0.15, 0.2) is 0 Å². The van der Waals surface area contributed by atoms with Crippen molar-refractivity contribution in [2.45, 2.75) is 26.4 Å². The molecule has 0 heterocycles. The molecule has 5 heteroatoms. The molecule has 54 valence electrons. The topological polar surface area (TPSA) is 55.8 Å². The fourth-order valence-electron chi connectivity index (χ4n) is 0.161. The molecule has 0 atom stereocenters. The minimum absolute atomic E-state index is 0.509. The standard InChI is InChI=1S/C4H10O2.H2O.O.Ti/c1-4(2,3)6-5;;;/h5H,1-3H3;1H2;;/q;;;+2/p-2. The average Bonchev–Trinajstić information content (AvgIpc) is 1.59. The Morgan fingerprint density at radius 2 is 1.89 bits per heavy atom. The fourth-order valence-corrected chi connectivity index (χ4v) is 0.662. The molecule has 0 aliphatic carbocycles. The monoisotopic (exact) mass is 170 g/mol. The van der Waals surface area contributed by atoms with E-state index >= 15 is 0 Å². The zero-order chi connectivity index (χ0) is 7.49. The summed E-state index contributed by atoms with van der Waals surface area (Å²) in [5, 5.41) is 0. The minimum atomic E-state index is -3.47. The second-order valence-corrected chi connectivity index (χ2v) is 3.64. The molecular weight excluding hydrogens is 160 g/mol. The second kappa shape index (κ2) is 3.54. The van der Waals surface area contributed by atoms with Gasteiger partial charge >= 0.3 is 60.4 Å². The van der Waals surface area contributed by atoms with Crippen LogP contribution in [0, 0.1) is 0 Å². The van der Waals surface area contributed by atoms with E-state index in [1.807, 2.05) is 0 Å². The Bertz CT molecular complexity index is 106. The van der Waals surface area contributed by atoms with Crippen LogP contribution in [0.4, 0.5) is 0 Å². The van der Waals surface area contributed by atoms with E-state index in [1.165, 1.54) is 0 Å². The van der Waals surface area contributed by atoms with Crippen molar-refractivity contribution >= 4 is 0 Å². The van der Waals surface area contributed by atoms with E-state index in [0.717, 1.165) is 0 Å². The van der Waals surface area contributed by atoms with E-state index in [1.54, 1.807) is 20.8 Å². The van der Waals surface area contributed by atoms with E-state index in [0.29, 0.717) is 0 Å². The summed E-state index contributed by atoms with van der Waals surface area (Å²) in [5.74, 6) is 0. The van der Waals surface area contributed by atoms with Gasteiger partial charge in [0.05, 0.1) is 0 Å². The Labute approximate surface area is 60.8 Å². The molecule has 0 radical (unpaired) electrons. The molecule has 0 spiro atoms. The van der Waals surface area contributed by atoms with E-state index in [-0.39, 0.29) is 0 Å². The summed E-state index contributed by atoms with van der Waals surface area (Å²) >= 11 is -3.47. The number of hydrogen-bond donors (Lipinski definition) is 1. The Balaban J connectivity index is 3.39. The SMILES string of the molecule is CC(C)(C)O[O][Ti](=[O])[OH]. The van der Waals surface area contributed by atoms with Gasteiger partial charge in [-0.05, 0) is 0 Å². The molecule has 0 fully saturated rings. The van der Waals surface area contributed by atoms with Gasteiger partial charge in [0.1, 0.15) is 0 Å². The Hall–Kier alpha value is 0.394. The Morgan fingerprint density at radius 1 is 1.44 bits per heavy atom. The van der Waals surface area contributed by atoms with Crippen molar-refractivity contribution in [2.24, 2.45) is 0 Å². The van der Waals surface area contributed by atoms with Crippen molar-refractivity contribution in [3.63, 3.8) is 0 Å². The maximum atomic E-state index is 9.95. The Morgan fingerprint density at radius 3 is 2.00 bits per heavy atom. The Kier molecular flexibility index (Phi) is 3.69. The molecule has 0 saturated heterocycles. The first kappa shape index (κ1) is 9.39. The van der Waals surface area contributed by atoms with Gasteiger partial charge in [-0.3, -0.25) is 0 Å². The van der Waals surface area contributed by atoms with Crippen LogP contribution < -0.4 is 0 Å². The summed E-state index contributed by atoms with van der Waals surface area (Å²) in [6, 6.07) is 0. The zero-order valence-electron chi connectivity index (χ0n) is 5.67. The van der Waals surface area contributed by atoms with Crippen LogP contribution in [0.1, 0.15) is 20.8 Å². The van der Waals surface area contributed by atoms with Crippen LogP contribution in [0.25, 0.3) is 0 Å². The summed E-state index contributed by atoms with van der Waals surface area (Å²) in [6.45, 7) is 5.19. The van der Waals surface area contributed by atoms with E-state index in [2.05, 4.69) is 8.36 Å². The molecule has 9 heavy (non-hydrogen) atoms. The van der Waals surface area contributed by atoms with Crippen LogP contribution in [0.3, 0.4) is 0 Å². The number of hydrogen-bond acceptors (Lipinski definition) is 3. The first-order valence-corrected chi connectivity index (χ1v) is 4.48. The van der Waals surface area contributed by atoms with Gasteiger partial charge in [0.2, 0.25) is 0 Å². The van der Waals surface area contributed by atoms with Crippen molar-refractivity contribution in [1.29, 1.82) is 0 Å². The van der Waals surface area contributed by atoms with E-state index in [9.17, 15) is 3.32 Å². The van der Waals surface area contributed by atoms with Gasteiger partial charge < -0.3 is 0 Å². The van der Waals surface area contributed by atoms with Crippen LogP contribution in [-0.2, 0) is 30.3 Å². The van der Waals surface area contributed by atoms with Crippen molar-refractivity contribution in [3.8, 4) is 0 Å². The molecule has 1 N–H and O–H groups in total. The van der Waals surface area contributed by atoms with E-state index < -0.39 is 24.2 Å². The van der Waals surface area contributed by atoms with E-state index in [4.69, 9.17) is 3.69 Å². The molecule has 0 aliphatic rings. The molecule has 0 amide bonds. The molecule has 0 aromatic heterocycles. The zero-order valence-corrected chi connectivity index (χ0v) is 7.23. The molecule has 0 bridgehead atoms. The van der Waals surface area contributed by atoms with Crippen LogP contribution in [0.5, 0.6) is 0 Å². The first-order valence-electron chi connectivity index (χ1n) is 2.50. The summed E-state index contributed by atoms with van der Waals surface area (Å²) < 4.78 is 22.2. The molecule has 0 saturated carbocycles. The second-order valence-electron chi connectivity index (χ2n) is 2.54. The molecule has 4 nitrogen and oxygen atoms in total. The van der Waals surface area contributed by atoms with Crippen molar-refractivity contribution in [2.75, 3.05) is 0 Å². The number of rotatable bonds is 2. The summed E-state index contributed by atoms with van der Waals surface area (Å²) in [5.41, 5.74) is -0.509. The van der Waals surface area contributed by atoms with Crippen molar-refractivity contribution in [1.82, 2.24) is 0 Å².